The second kappa shape index (κ2) is 4.69. The van der Waals surface area contributed by atoms with Crippen LogP contribution in [-0.4, -0.2) is 26.1 Å². The number of thiophene rings is 1. The number of hydrogen-bond donors (Lipinski definition) is 0. The van der Waals surface area contributed by atoms with E-state index in [9.17, 15) is 4.79 Å². The normalized spacial score (nSPS) is 9.07. The Morgan fingerprint density at radius 3 is 2.93 bits per heavy atom. The van der Waals surface area contributed by atoms with E-state index >= 15 is 0 Å². The van der Waals surface area contributed by atoms with Crippen molar-refractivity contribution < 1.29 is 9.53 Å². The van der Waals surface area contributed by atoms with Crippen molar-refractivity contribution in [3.8, 4) is 0 Å². The first-order valence-electron chi connectivity index (χ1n) is 3.91. The lowest BCUT2D eigenvalue weighted by Gasteiger charge is -1.97. The van der Waals surface area contributed by atoms with Crippen LogP contribution in [0, 0.1) is 6.92 Å². The fourth-order valence-corrected chi connectivity index (χ4v) is 1.82. The molecule has 0 amide bonds. The molecule has 0 radical (unpaired) electrons. The summed E-state index contributed by atoms with van der Waals surface area (Å²) < 4.78 is 4.65. The monoisotopic (exact) mass is 210 g/mol. The fourth-order valence-electron chi connectivity index (χ4n) is 0.959. The van der Waals surface area contributed by atoms with Crippen molar-refractivity contribution in [1.29, 1.82) is 0 Å². The molecule has 0 aliphatic rings. The van der Waals surface area contributed by atoms with Gasteiger partial charge < -0.3 is 4.74 Å². The highest BCUT2D eigenvalue weighted by Crippen LogP contribution is 2.30. The topological polar surface area (TPSA) is 51.0 Å². The second-order valence-corrected chi connectivity index (χ2v) is 3.38. The number of aryl methyl sites for hydroxylation is 1. The summed E-state index contributed by atoms with van der Waals surface area (Å²) in [6.07, 6.45) is 0. The Bertz CT molecular complexity index is 403. The maximum atomic E-state index is 11.3. The van der Waals surface area contributed by atoms with Gasteiger partial charge in [0.1, 0.15) is 10.6 Å². The van der Waals surface area contributed by atoms with Gasteiger partial charge in [-0.05, 0) is 17.9 Å². The number of rotatable bonds is 2. The maximum absolute atomic E-state index is 11.3. The predicted molar refractivity (Wildman–Crippen MR) is 55.8 cm³/mol. The average Bonchev–Trinajstić information content (AvgIpc) is 2.55. The van der Waals surface area contributed by atoms with Crippen LogP contribution >= 0.6 is 11.3 Å². The lowest BCUT2D eigenvalue weighted by molar-refractivity contribution is 0.0601. The molecule has 0 spiro atoms. The van der Waals surface area contributed by atoms with Gasteiger partial charge in [-0.3, -0.25) is 0 Å². The van der Waals surface area contributed by atoms with Gasteiger partial charge in [-0.1, -0.05) is 0 Å². The number of esters is 1. The number of aliphatic imine (C=N–C) groups is 2. The van der Waals surface area contributed by atoms with Gasteiger partial charge in [-0.25, -0.2) is 9.79 Å². The second-order valence-electron chi connectivity index (χ2n) is 2.53. The number of ether oxygens (including phenoxy) is 1. The van der Waals surface area contributed by atoms with Gasteiger partial charge in [0.2, 0.25) is 0 Å². The van der Waals surface area contributed by atoms with E-state index in [1.165, 1.54) is 18.4 Å². The lowest BCUT2D eigenvalue weighted by atomic mass is 10.2. The third-order valence-corrected chi connectivity index (χ3v) is 2.59. The van der Waals surface area contributed by atoms with E-state index in [0.29, 0.717) is 10.6 Å². The quantitative estimate of drug-likeness (QED) is 0.555. The van der Waals surface area contributed by atoms with E-state index in [-0.39, 0.29) is 5.97 Å². The summed E-state index contributed by atoms with van der Waals surface area (Å²) in [5, 5.41) is 2.43. The molecule has 0 saturated carbocycles. The number of carbonyl (C=O) groups excluding carboxylic acids is 1. The maximum Gasteiger partial charge on any atom is 0.341 e. The Labute approximate surface area is 86.0 Å². The molecule has 0 aromatic carbocycles. The van der Waals surface area contributed by atoms with Crippen molar-refractivity contribution in [2.24, 2.45) is 9.98 Å². The van der Waals surface area contributed by atoms with Gasteiger partial charge >= 0.3 is 5.97 Å². The first-order valence-corrected chi connectivity index (χ1v) is 4.79. The van der Waals surface area contributed by atoms with Gasteiger partial charge in [0.05, 0.1) is 13.1 Å². The molecule has 1 aromatic heterocycles. The van der Waals surface area contributed by atoms with E-state index in [0.717, 1.165) is 5.56 Å². The molecule has 4 nitrogen and oxygen atoms in total. The van der Waals surface area contributed by atoms with Gasteiger partial charge in [-0.2, -0.15) is 4.99 Å². The van der Waals surface area contributed by atoms with Crippen molar-refractivity contribution >= 4 is 28.3 Å². The van der Waals surface area contributed by atoms with Crippen LogP contribution in [0.2, 0.25) is 0 Å². The third kappa shape index (κ3) is 2.07. The molecule has 0 atom stereocenters. The predicted octanol–water partition coefficient (Wildman–Crippen LogP) is 2.28. The lowest BCUT2D eigenvalue weighted by Crippen LogP contribution is -2.01. The van der Waals surface area contributed by atoms with Crippen LogP contribution < -0.4 is 0 Å². The molecular weight excluding hydrogens is 200 g/mol. The number of nitrogens with zero attached hydrogens (tertiary/aromatic N) is 2. The summed E-state index contributed by atoms with van der Waals surface area (Å²) in [4.78, 5) is 18.9. The van der Waals surface area contributed by atoms with Gasteiger partial charge in [0, 0.05) is 7.05 Å². The van der Waals surface area contributed by atoms with Crippen molar-refractivity contribution in [2.45, 2.75) is 6.92 Å². The van der Waals surface area contributed by atoms with Gasteiger partial charge in [-0.15, -0.1) is 11.3 Å². The summed E-state index contributed by atoms with van der Waals surface area (Å²) in [6, 6.07) is 2.45. The molecule has 1 aromatic rings. The fraction of sp³-hybridized carbons (Fsp3) is 0.333. The van der Waals surface area contributed by atoms with Crippen molar-refractivity contribution in [2.75, 3.05) is 14.2 Å². The smallest absolute Gasteiger partial charge is 0.341 e. The van der Waals surface area contributed by atoms with Gasteiger partial charge in [0.15, 0.2) is 0 Å². The SMILES string of the molecule is CN=C=Nc1scc(C)c1C(=O)OC. The number of hydrogen-bond acceptors (Lipinski definition) is 5. The van der Waals surface area contributed by atoms with Crippen LogP contribution in [-0.2, 0) is 4.74 Å². The minimum Gasteiger partial charge on any atom is -0.465 e. The summed E-state index contributed by atoms with van der Waals surface area (Å²) in [6.45, 7) is 1.84. The molecule has 0 N–H and O–H groups in total. The molecule has 0 unspecified atom stereocenters. The molecule has 0 fully saturated rings. The molecule has 0 aliphatic heterocycles. The highest BCUT2D eigenvalue weighted by molar-refractivity contribution is 7.14. The van der Waals surface area contributed by atoms with Crippen molar-refractivity contribution in [3.05, 3.63) is 16.5 Å². The Hall–Kier alpha value is -1.45. The zero-order valence-corrected chi connectivity index (χ0v) is 9.01. The van der Waals surface area contributed by atoms with Crippen LogP contribution in [0.4, 0.5) is 5.00 Å². The Morgan fingerprint density at radius 2 is 2.36 bits per heavy atom. The molecule has 74 valence electrons. The Kier molecular flexibility index (Phi) is 3.56. The summed E-state index contributed by atoms with van der Waals surface area (Å²) in [5.41, 5.74) is 1.35. The number of carbonyl (C=O) groups is 1. The van der Waals surface area contributed by atoms with Crippen LogP contribution in [0.15, 0.2) is 15.4 Å². The first kappa shape index (κ1) is 10.6. The van der Waals surface area contributed by atoms with Crippen LogP contribution in [0.5, 0.6) is 0 Å². The molecule has 0 bridgehead atoms. The van der Waals surface area contributed by atoms with E-state index < -0.39 is 0 Å². The van der Waals surface area contributed by atoms with Crippen LogP contribution in [0.3, 0.4) is 0 Å². The summed E-state index contributed by atoms with van der Waals surface area (Å²) >= 11 is 1.37. The molecule has 0 aliphatic carbocycles. The molecule has 0 saturated heterocycles. The van der Waals surface area contributed by atoms with Crippen molar-refractivity contribution in [3.63, 3.8) is 0 Å². The van der Waals surface area contributed by atoms with Crippen LogP contribution in [0.1, 0.15) is 15.9 Å². The van der Waals surface area contributed by atoms with Crippen molar-refractivity contribution in [1.82, 2.24) is 0 Å². The molecule has 1 heterocycles. The van der Waals surface area contributed by atoms with Gasteiger partial charge in [0.25, 0.3) is 0 Å². The minimum atomic E-state index is -0.375. The zero-order valence-electron chi connectivity index (χ0n) is 8.20. The highest BCUT2D eigenvalue weighted by atomic mass is 32.1. The zero-order chi connectivity index (χ0) is 10.6. The highest BCUT2D eigenvalue weighted by Gasteiger charge is 2.16. The summed E-state index contributed by atoms with van der Waals surface area (Å²) in [7, 11) is 2.92. The standard InChI is InChI=1S/C9H10N2O2S/c1-6-4-14-8(11-5-10-2)7(6)9(12)13-3/h4H,1-3H3. The molecular formula is C9H10N2O2S. The third-order valence-electron chi connectivity index (χ3n) is 1.60. The average molecular weight is 210 g/mol. The van der Waals surface area contributed by atoms with E-state index in [1.54, 1.807) is 7.05 Å². The van der Waals surface area contributed by atoms with Crippen LogP contribution in [0.25, 0.3) is 0 Å². The molecule has 5 heteroatoms. The van der Waals surface area contributed by atoms with E-state index in [2.05, 4.69) is 20.7 Å². The van der Waals surface area contributed by atoms with E-state index in [1.807, 2.05) is 12.3 Å². The molecule has 14 heavy (non-hydrogen) atoms. The first-order chi connectivity index (χ1) is 6.70. The Balaban J connectivity index is 3.19. The largest absolute Gasteiger partial charge is 0.465 e. The molecule has 1 rings (SSSR count). The summed E-state index contributed by atoms with van der Waals surface area (Å²) in [5.74, 6) is -0.375. The minimum absolute atomic E-state index is 0.375. The van der Waals surface area contributed by atoms with E-state index in [4.69, 9.17) is 0 Å². The number of methoxy groups -OCH3 is 1. The Morgan fingerprint density at radius 1 is 1.64 bits per heavy atom.